The summed E-state index contributed by atoms with van der Waals surface area (Å²) in [4.78, 5) is 10.1. The lowest BCUT2D eigenvalue weighted by Gasteiger charge is -2.25. The van der Waals surface area contributed by atoms with Crippen molar-refractivity contribution in [1.29, 1.82) is 0 Å². The normalized spacial score (nSPS) is 20.0. The van der Waals surface area contributed by atoms with Crippen LogP contribution in [-0.4, -0.2) is 27.6 Å². The molecule has 2 aliphatic rings. The van der Waals surface area contributed by atoms with Gasteiger partial charge in [-0.1, -0.05) is 19.3 Å². The Hall–Kier alpha value is -1.46. The molecule has 0 aromatic carbocycles. The number of hydrogen-bond donors (Lipinski definition) is 1. The molecule has 1 saturated carbocycles. The van der Waals surface area contributed by atoms with E-state index in [1.54, 1.807) is 0 Å². The molecule has 5 rings (SSSR count). The third-order valence-corrected chi connectivity index (χ3v) is 7.59. The molecule has 4 heterocycles. The number of aryl methyl sites for hydroxylation is 2. The topological polar surface area (TPSA) is 42.7 Å². The fraction of sp³-hybridized carbons (Fsp3) is 0.636. The number of imidazole rings is 1. The van der Waals surface area contributed by atoms with Crippen LogP contribution in [0.1, 0.15) is 68.8 Å². The van der Waals surface area contributed by atoms with Crippen LogP contribution in [0, 0.1) is 12.8 Å². The van der Waals surface area contributed by atoms with E-state index in [0.717, 1.165) is 29.2 Å². The van der Waals surface area contributed by atoms with E-state index in [2.05, 4.69) is 28.3 Å². The van der Waals surface area contributed by atoms with Crippen molar-refractivity contribution in [3.05, 3.63) is 23.0 Å². The Kier molecular flexibility index (Phi) is 4.91. The van der Waals surface area contributed by atoms with Gasteiger partial charge in [-0.2, -0.15) is 0 Å². The maximum absolute atomic E-state index is 5.22. The van der Waals surface area contributed by atoms with E-state index in [-0.39, 0.29) is 0 Å². The summed E-state index contributed by atoms with van der Waals surface area (Å²) in [7, 11) is 0. The van der Waals surface area contributed by atoms with Gasteiger partial charge in [0, 0.05) is 12.5 Å². The van der Waals surface area contributed by atoms with Gasteiger partial charge in [0.2, 0.25) is 0 Å². The van der Waals surface area contributed by atoms with Crippen LogP contribution < -0.4 is 5.32 Å². The van der Waals surface area contributed by atoms with Gasteiger partial charge in [-0.05, 0) is 69.5 Å². The van der Waals surface area contributed by atoms with Crippen molar-refractivity contribution in [3.63, 3.8) is 0 Å². The highest BCUT2D eigenvalue weighted by molar-refractivity contribution is 7.18. The first-order valence-corrected chi connectivity index (χ1v) is 11.6. The summed E-state index contributed by atoms with van der Waals surface area (Å²) in [5.41, 5.74) is 4.75. The molecule has 0 bridgehead atoms. The van der Waals surface area contributed by atoms with Gasteiger partial charge in [0.15, 0.2) is 0 Å². The molecule has 2 fully saturated rings. The number of nitrogens with zero attached hydrogens (tertiary/aromatic N) is 3. The van der Waals surface area contributed by atoms with Gasteiger partial charge in [-0.25, -0.2) is 9.97 Å². The predicted octanol–water partition coefficient (Wildman–Crippen LogP) is 5.39. The van der Waals surface area contributed by atoms with E-state index in [4.69, 9.17) is 9.97 Å². The number of nitrogens with one attached hydrogen (secondary N) is 1. The third-order valence-electron chi connectivity index (χ3n) is 6.68. The number of fused-ring (bicyclic) bond motifs is 3. The van der Waals surface area contributed by atoms with Crippen molar-refractivity contribution in [1.82, 2.24) is 19.9 Å². The molecule has 144 valence electrons. The van der Waals surface area contributed by atoms with Gasteiger partial charge in [-0.15, -0.1) is 11.3 Å². The van der Waals surface area contributed by atoms with E-state index in [0.29, 0.717) is 5.92 Å². The maximum atomic E-state index is 5.22. The monoisotopic (exact) mass is 382 g/mol. The van der Waals surface area contributed by atoms with Gasteiger partial charge < -0.3 is 9.88 Å². The number of pyridine rings is 1. The molecule has 0 unspecified atom stereocenters. The highest BCUT2D eigenvalue weighted by Crippen LogP contribution is 2.38. The second-order valence-electron chi connectivity index (χ2n) is 8.47. The van der Waals surface area contributed by atoms with Crippen LogP contribution >= 0.6 is 11.3 Å². The zero-order valence-corrected chi connectivity index (χ0v) is 17.2. The SMILES string of the molecule is Cc1nc2ccsc2c2c1nc(C1CCCCC1)n2CCC1CCNCC1. The van der Waals surface area contributed by atoms with Crippen molar-refractivity contribution < 1.29 is 0 Å². The van der Waals surface area contributed by atoms with Crippen LogP contribution in [0.2, 0.25) is 0 Å². The lowest BCUT2D eigenvalue weighted by Crippen LogP contribution is -2.28. The number of aromatic nitrogens is 3. The summed E-state index contributed by atoms with van der Waals surface area (Å²) < 4.78 is 3.94. The quantitative estimate of drug-likeness (QED) is 0.658. The zero-order valence-electron chi connectivity index (χ0n) is 16.3. The number of hydrogen-bond acceptors (Lipinski definition) is 4. The van der Waals surface area contributed by atoms with Gasteiger partial charge in [0.25, 0.3) is 0 Å². The molecule has 0 radical (unpaired) electrons. The van der Waals surface area contributed by atoms with Crippen molar-refractivity contribution >= 4 is 32.6 Å². The summed E-state index contributed by atoms with van der Waals surface area (Å²) >= 11 is 1.83. The van der Waals surface area contributed by atoms with Crippen molar-refractivity contribution in [2.24, 2.45) is 5.92 Å². The Morgan fingerprint density at radius 3 is 2.74 bits per heavy atom. The minimum Gasteiger partial charge on any atom is -0.326 e. The molecule has 1 aliphatic heterocycles. The summed E-state index contributed by atoms with van der Waals surface area (Å²) in [6.45, 7) is 5.61. The first-order chi connectivity index (χ1) is 13.3. The van der Waals surface area contributed by atoms with Gasteiger partial charge in [-0.3, -0.25) is 0 Å². The summed E-state index contributed by atoms with van der Waals surface area (Å²) in [6, 6.07) is 2.16. The van der Waals surface area contributed by atoms with Gasteiger partial charge >= 0.3 is 0 Å². The maximum Gasteiger partial charge on any atom is 0.113 e. The molecule has 3 aromatic heterocycles. The molecule has 1 aliphatic carbocycles. The van der Waals surface area contributed by atoms with Gasteiger partial charge in [0.1, 0.15) is 11.3 Å². The van der Waals surface area contributed by atoms with Crippen molar-refractivity contribution in [2.75, 3.05) is 13.1 Å². The molecule has 0 atom stereocenters. The highest BCUT2D eigenvalue weighted by atomic mass is 32.1. The molecule has 4 nitrogen and oxygen atoms in total. The summed E-state index contributed by atoms with van der Waals surface area (Å²) in [5, 5.41) is 5.68. The largest absolute Gasteiger partial charge is 0.326 e. The summed E-state index contributed by atoms with van der Waals surface area (Å²) in [5.74, 6) is 2.84. The molecule has 3 aromatic rings. The smallest absolute Gasteiger partial charge is 0.113 e. The first kappa shape index (κ1) is 17.6. The Bertz CT molecular complexity index is 929. The minimum atomic E-state index is 0.633. The number of thiophene rings is 1. The van der Waals surface area contributed by atoms with E-state index in [1.807, 2.05) is 11.3 Å². The Morgan fingerprint density at radius 2 is 1.93 bits per heavy atom. The molecule has 5 heteroatoms. The average Bonchev–Trinajstić information content (AvgIpc) is 3.32. The second-order valence-corrected chi connectivity index (χ2v) is 9.38. The second kappa shape index (κ2) is 7.51. The fourth-order valence-corrected chi connectivity index (χ4v) is 6.02. The van der Waals surface area contributed by atoms with Crippen LogP contribution in [0.5, 0.6) is 0 Å². The van der Waals surface area contributed by atoms with E-state index in [1.165, 1.54) is 80.5 Å². The van der Waals surface area contributed by atoms with E-state index >= 15 is 0 Å². The third kappa shape index (κ3) is 3.29. The first-order valence-electron chi connectivity index (χ1n) is 10.8. The molecule has 27 heavy (non-hydrogen) atoms. The molecule has 0 spiro atoms. The highest BCUT2D eigenvalue weighted by Gasteiger charge is 2.25. The average molecular weight is 383 g/mol. The Balaban J connectivity index is 1.59. The van der Waals surface area contributed by atoms with Gasteiger partial charge in [0.05, 0.1) is 21.4 Å². The molecular formula is C22H30N4S. The van der Waals surface area contributed by atoms with Crippen LogP contribution in [0.3, 0.4) is 0 Å². The molecule has 0 amide bonds. The van der Waals surface area contributed by atoms with Crippen LogP contribution in [0.25, 0.3) is 21.3 Å². The van der Waals surface area contributed by atoms with Crippen LogP contribution in [0.15, 0.2) is 11.4 Å². The Labute approximate surface area is 165 Å². The zero-order chi connectivity index (χ0) is 18.2. The van der Waals surface area contributed by atoms with Crippen LogP contribution in [-0.2, 0) is 6.54 Å². The van der Waals surface area contributed by atoms with Crippen molar-refractivity contribution in [3.8, 4) is 0 Å². The summed E-state index contributed by atoms with van der Waals surface area (Å²) in [6.07, 6.45) is 10.6. The standard InChI is InChI=1S/C22H30N4S/c1-15-19-20(21-18(24-15)10-14-27-21)26(13-9-16-7-11-23-12-8-16)22(25-19)17-5-3-2-4-6-17/h10,14,16-17,23H,2-9,11-13H2,1H3. The number of piperidine rings is 1. The minimum absolute atomic E-state index is 0.633. The molecule has 1 saturated heterocycles. The lowest BCUT2D eigenvalue weighted by atomic mass is 9.88. The van der Waals surface area contributed by atoms with E-state index < -0.39 is 0 Å². The molecule has 1 N–H and O–H groups in total. The lowest BCUT2D eigenvalue weighted by molar-refractivity contribution is 0.333. The fourth-order valence-electron chi connectivity index (χ4n) is 5.13. The predicted molar refractivity (Wildman–Crippen MR) is 114 cm³/mol. The molecular weight excluding hydrogens is 352 g/mol. The van der Waals surface area contributed by atoms with Crippen LogP contribution in [0.4, 0.5) is 0 Å². The Morgan fingerprint density at radius 1 is 1.11 bits per heavy atom. The van der Waals surface area contributed by atoms with E-state index in [9.17, 15) is 0 Å². The number of rotatable bonds is 4. The van der Waals surface area contributed by atoms with Crippen molar-refractivity contribution in [2.45, 2.75) is 70.8 Å².